The summed E-state index contributed by atoms with van der Waals surface area (Å²) in [4.78, 5) is 13.0. The lowest BCUT2D eigenvalue weighted by Gasteiger charge is -2.30. The SMILES string of the molecule is CCOc1ccc(S(=O)(=O)N2CCC(C(=O)Nc3cc(OC)ccc3OC)CC2)cc1. The quantitative estimate of drug-likeness (QED) is 0.667. The summed E-state index contributed by atoms with van der Waals surface area (Å²) < 4.78 is 43.2. The summed E-state index contributed by atoms with van der Waals surface area (Å²) in [5.74, 6) is 1.31. The molecule has 1 amide bonds. The second kappa shape index (κ2) is 10.0. The van der Waals surface area contributed by atoms with Crippen LogP contribution in [0.2, 0.25) is 0 Å². The third kappa shape index (κ3) is 5.29. The molecule has 0 aromatic heterocycles. The number of benzene rings is 2. The summed E-state index contributed by atoms with van der Waals surface area (Å²) in [5.41, 5.74) is 0.524. The predicted molar refractivity (Wildman–Crippen MR) is 117 cm³/mol. The van der Waals surface area contributed by atoms with Crippen molar-refractivity contribution in [1.29, 1.82) is 0 Å². The number of ether oxygens (including phenoxy) is 3. The van der Waals surface area contributed by atoms with E-state index in [1.54, 1.807) is 49.6 Å². The molecule has 0 aliphatic carbocycles. The Morgan fingerprint density at radius 2 is 1.68 bits per heavy atom. The molecule has 9 heteroatoms. The molecule has 0 saturated carbocycles. The van der Waals surface area contributed by atoms with E-state index < -0.39 is 10.0 Å². The Bertz CT molecular complexity index is 999. The van der Waals surface area contributed by atoms with Crippen LogP contribution in [0.25, 0.3) is 0 Å². The third-order valence-corrected chi connectivity index (χ3v) is 7.17. The van der Waals surface area contributed by atoms with E-state index in [0.717, 1.165) is 0 Å². The maximum Gasteiger partial charge on any atom is 0.243 e. The van der Waals surface area contributed by atoms with Crippen molar-refractivity contribution in [1.82, 2.24) is 4.31 Å². The van der Waals surface area contributed by atoms with Gasteiger partial charge in [0.15, 0.2) is 0 Å². The van der Waals surface area contributed by atoms with E-state index in [1.165, 1.54) is 11.4 Å². The minimum absolute atomic E-state index is 0.162. The highest BCUT2D eigenvalue weighted by Crippen LogP contribution is 2.31. The number of carbonyl (C=O) groups is 1. The monoisotopic (exact) mass is 448 g/mol. The number of methoxy groups -OCH3 is 2. The number of nitrogens with zero attached hydrogens (tertiary/aromatic N) is 1. The predicted octanol–water partition coefficient (Wildman–Crippen LogP) is 3.14. The first-order chi connectivity index (χ1) is 14.9. The number of piperidine rings is 1. The van der Waals surface area contributed by atoms with Crippen molar-refractivity contribution in [3.63, 3.8) is 0 Å². The number of carbonyl (C=O) groups excluding carboxylic acids is 1. The van der Waals surface area contributed by atoms with E-state index in [2.05, 4.69) is 5.32 Å². The van der Waals surface area contributed by atoms with Crippen molar-refractivity contribution in [3.05, 3.63) is 42.5 Å². The lowest BCUT2D eigenvalue weighted by Crippen LogP contribution is -2.41. The summed E-state index contributed by atoms with van der Waals surface area (Å²) in [6, 6.07) is 11.6. The average molecular weight is 449 g/mol. The van der Waals surface area contributed by atoms with E-state index in [9.17, 15) is 13.2 Å². The van der Waals surface area contributed by atoms with Crippen molar-refractivity contribution in [2.45, 2.75) is 24.7 Å². The molecular weight excluding hydrogens is 420 g/mol. The van der Waals surface area contributed by atoms with E-state index in [-0.39, 0.29) is 29.8 Å². The Morgan fingerprint density at radius 1 is 1.03 bits per heavy atom. The number of nitrogens with one attached hydrogen (secondary N) is 1. The normalized spacial score (nSPS) is 15.3. The van der Waals surface area contributed by atoms with Gasteiger partial charge >= 0.3 is 0 Å². The van der Waals surface area contributed by atoms with Gasteiger partial charge in [-0.25, -0.2) is 8.42 Å². The maximum absolute atomic E-state index is 12.9. The van der Waals surface area contributed by atoms with Gasteiger partial charge in [0.25, 0.3) is 0 Å². The molecular formula is C22H28N2O6S. The van der Waals surface area contributed by atoms with Crippen molar-refractivity contribution < 1.29 is 27.4 Å². The van der Waals surface area contributed by atoms with Gasteiger partial charge in [-0.1, -0.05) is 0 Å². The number of anilines is 1. The first-order valence-corrected chi connectivity index (χ1v) is 11.6. The van der Waals surface area contributed by atoms with Crippen LogP contribution >= 0.6 is 0 Å². The van der Waals surface area contributed by atoms with Crippen molar-refractivity contribution >= 4 is 21.6 Å². The largest absolute Gasteiger partial charge is 0.497 e. The number of rotatable bonds is 8. The molecule has 1 aliphatic rings. The molecule has 2 aromatic carbocycles. The Balaban J connectivity index is 1.63. The van der Waals surface area contributed by atoms with Crippen molar-refractivity contribution in [3.8, 4) is 17.2 Å². The lowest BCUT2D eigenvalue weighted by atomic mass is 9.97. The van der Waals surface area contributed by atoms with Gasteiger partial charge in [-0.05, 0) is 56.2 Å². The molecule has 168 valence electrons. The van der Waals surface area contributed by atoms with E-state index in [0.29, 0.717) is 42.4 Å². The first-order valence-electron chi connectivity index (χ1n) is 10.1. The maximum atomic E-state index is 12.9. The van der Waals surface area contributed by atoms with Gasteiger partial charge < -0.3 is 19.5 Å². The number of sulfonamides is 1. The highest BCUT2D eigenvalue weighted by atomic mass is 32.2. The minimum atomic E-state index is -3.61. The summed E-state index contributed by atoms with van der Waals surface area (Å²) in [5, 5.41) is 2.88. The average Bonchev–Trinajstić information content (AvgIpc) is 2.79. The van der Waals surface area contributed by atoms with Crippen LogP contribution in [0, 0.1) is 5.92 Å². The van der Waals surface area contributed by atoms with Gasteiger partial charge in [-0.2, -0.15) is 4.31 Å². The molecule has 1 N–H and O–H groups in total. The Kier molecular flexibility index (Phi) is 7.40. The topological polar surface area (TPSA) is 94.2 Å². The molecule has 31 heavy (non-hydrogen) atoms. The fourth-order valence-corrected chi connectivity index (χ4v) is 5.00. The van der Waals surface area contributed by atoms with Gasteiger partial charge in [0.2, 0.25) is 15.9 Å². The summed E-state index contributed by atoms with van der Waals surface area (Å²) in [7, 11) is -0.533. The third-order valence-electron chi connectivity index (χ3n) is 5.26. The first kappa shape index (κ1) is 22.9. The van der Waals surface area contributed by atoms with Crippen LogP contribution in [-0.4, -0.2) is 52.5 Å². The van der Waals surface area contributed by atoms with E-state index in [4.69, 9.17) is 14.2 Å². The zero-order valence-corrected chi connectivity index (χ0v) is 18.8. The molecule has 0 atom stereocenters. The summed E-state index contributed by atoms with van der Waals surface area (Å²) in [6.45, 7) is 2.95. The number of hydrogen-bond acceptors (Lipinski definition) is 6. The van der Waals surface area contributed by atoms with Gasteiger partial charge in [0, 0.05) is 25.1 Å². The standard InChI is InChI=1S/C22H28N2O6S/c1-4-30-17-5-8-19(9-6-17)31(26,27)24-13-11-16(12-14-24)22(25)23-20-15-18(28-2)7-10-21(20)29-3/h5-10,15-16H,4,11-14H2,1-3H3,(H,23,25). The fraction of sp³-hybridized carbons (Fsp3) is 0.409. The molecule has 2 aromatic rings. The fourth-order valence-electron chi connectivity index (χ4n) is 3.53. The van der Waals surface area contributed by atoms with E-state index >= 15 is 0 Å². The van der Waals surface area contributed by atoms with Gasteiger partial charge in [-0.15, -0.1) is 0 Å². The molecule has 3 rings (SSSR count). The van der Waals surface area contributed by atoms with Gasteiger partial charge in [0.05, 0.1) is 31.4 Å². The van der Waals surface area contributed by atoms with E-state index in [1.807, 2.05) is 6.92 Å². The zero-order chi connectivity index (χ0) is 22.4. The van der Waals surface area contributed by atoms with Crippen LogP contribution < -0.4 is 19.5 Å². The Labute approximate surface area is 183 Å². The van der Waals surface area contributed by atoms with Gasteiger partial charge in [-0.3, -0.25) is 4.79 Å². The van der Waals surface area contributed by atoms with Crippen molar-refractivity contribution in [2.24, 2.45) is 5.92 Å². The number of amides is 1. The van der Waals surface area contributed by atoms with Crippen LogP contribution in [0.3, 0.4) is 0 Å². The minimum Gasteiger partial charge on any atom is -0.497 e. The second-order valence-electron chi connectivity index (χ2n) is 7.14. The highest BCUT2D eigenvalue weighted by molar-refractivity contribution is 7.89. The number of hydrogen-bond donors (Lipinski definition) is 1. The molecule has 1 aliphatic heterocycles. The summed E-state index contributed by atoms with van der Waals surface area (Å²) in [6.07, 6.45) is 0.878. The Morgan fingerprint density at radius 3 is 2.26 bits per heavy atom. The molecule has 0 unspecified atom stereocenters. The summed E-state index contributed by atoms with van der Waals surface area (Å²) >= 11 is 0. The molecule has 1 heterocycles. The van der Waals surface area contributed by atoms with Crippen LogP contribution in [0.1, 0.15) is 19.8 Å². The zero-order valence-electron chi connectivity index (χ0n) is 18.0. The molecule has 0 spiro atoms. The lowest BCUT2D eigenvalue weighted by molar-refractivity contribution is -0.120. The second-order valence-corrected chi connectivity index (χ2v) is 9.08. The Hall–Kier alpha value is -2.78. The smallest absolute Gasteiger partial charge is 0.243 e. The molecule has 1 fully saturated rings. The molecule has 8 nitrogen and oxygen atoms in total. The van der Waals surface area contributed by atoms with Gasteiger partial charge in [0.1, 0.15) is 17.2 Å². The van der Waals surface area contributed by atoms with Crippen molar-refractivity contribution in [2.75, 3.05) is 39.2 Å². The van der Waals surface area contributed by atoms with Crippen LogP contribution in [0.15, 0.2) is 47.4 Å². The molecule has 1 saturated heterocycles. The van der Waals surface area contributed by atoms with Crippen LogP contribution in [0.4, 0.5) is 5.69 Å². The highest BCUT2D eigenvalue weighted by Gasteiger charge is 2.32. The van der Waals surface area contributed by atoms with Crippen LogP contribution in [-0.2, 0) is 14.8 Å². The molecule has 0 bridgehead atoms. The van der Waals surface area contributed by atoms with Crippen LogP contribution in [0.5, 0.6) is 17.2 Å². The molecule has 0 radical (unpaired) electrons.